The van der Waals surface area contributed by atoms with Crippen molar-refractivity contribution in [2.24, 2.45) is 5.73 Å². The van der Waals surface area contributed by atoms with Crippen LogP contribution in [0.3, 0.4) is 0 Å². The summed E-state index contributed by atoms with van der Waals surface area (Å²) in [5, 5.41) is 4.05. The molecule has 106 valence electrons. The van der Waals surface area contributed by atoms with Gasteiger partial charge in [-0.2, -0.15) is 4.98 Å². The first-order chi connectivity index (χ1) is 9.33. The van der Waals surface area contributed by atoms with Gasteiger partial charge in [-0.15, -0.1) is 0 Å². The van der Waals surface area contributed by atoms with Crippen molar-refractivity contribution < 1.29 is 9.26 Å². The van der Waals surface area contributed by atoms with Crippen LogP contribution in [0.15, 0.2) is 4.52 Å². The first-order valence-corrected chi connectivity index (χ1v) is 7.22. The third-order valence-electron chi connectivity index (χ3n) is 4.01. The summed E-state index contributed by atoms with van der Waals surface area (Å²) >= 11 is 0. The molecule has 2 fully saturated rings. The van der Waals surface area contributed by atoms with E-state index < -0.39 is 0 Å². The van der Waals surface area contributed by atoms with Gasteiger partial charge in [-0.25, -0.2) is 0 Å². The average molecular weight is 266 g/mol. The van der Waals surface area contributed by atoms with E-state index in [0.717, 1.165) is 51.6 Å². The molecule has 1 aromatic heterocycles. The Kier molecular flexibility index (Phi) is 4.10. The molecule has 0 aromatic carbocycles. The summed E-state index contributed by atoms with van der Waals surface area (Å²) in [6, 6.07) is -0.143. The lowest BCUT2D eigenvalue weighted by Crippen LogP contribution is -2.30. The van der Waals surface area contributed by atoms with Crippen LogP contribution in [0.1, 0.15) is 49.4 Å². The van der Waals surface area contributed by atoms with Crippen LogP contribution >= 0.6 is 0 Å². The number of likely N-dealkylation sites (tertiary alicyclic amines) is 1. The number of nitrogens with two attached hydrogens (primary N) is 1. The Balaban J connectivity index is 1.59. The molecule has 0 radical (unpaired) electrons. The molecule has 1 unspecified atom stereocenters. The number of ether oxygens (including phenoxy) is 1. The standard InChI is InChI=1S/C13H22N4O2/c14-11(9-17-5-1-2-6-17)12-15-13(19-16-12)10-3-7-18-8-4-10/h10-11H,1-9,14H2. The molecule has 2 aliphatic heterocycles. The van der Waals surface area contributed by atoms with Gasteiger partial charge < -0.3 is 19.9 Å². The van der Waals surface area contributed by atoms with Crippen molar-refractivity contribution >= 4 is 0 Å². The number of rotatable bonds is 4. The molecule has 1 aromatic rings. The first-order valence-electron chi connectivity index (χ1n) is 7.22. The minimum Gasteiger partial charge on any atom is -0.381 e. The van der Waals surface area contributed by atoms with E-state index in [1.165, 1.54) is 12.8 Å². The van der Waals surface area contributed by atoms with Gasteiger partial charge in [-0.1, -0.05) is 5.16 Å². The molecule has 19 heavy (non-hydrogen) atoms. The maximum Gasteiger partial charge on any atom is 0.229 e. The smallest absolute Gasteiger partial charge is 0.229 e. The van der Waals surface area contributed by atoms with Crippen molar-refractivity contribution in [2.45, 2.75) is 37.6 Å². The Labute approximate surface area is 113 Å². The Bertz CT molecular complexity index is 397. The molecule has 2 aliphatic rings. The summed E-state index contributed by atoms with van der Waals surface area (Å²) in [5.41, 5.74) is 6.17. The maximum absolute atomic E-state index is 6.17. The second kappa shape index (κ2) is 5.98. The van der Waals surface area contributed by atoms with E-state index in [0.29, 0.717) is 11.7 Å². The third kappa shape index (κ3) is 3.13. The highest BCUT2D eigenvalue weighted by molar-refractivity contribution is 4.99. The molecule has 0 amide bonds. The van der Waals surface area contributed by atoms with Gasteiger partial charge in [-0.3, -0.25) is 0 Å². The summed E-state index contributed by atoms with van der Waals surface area (Å²) in [6.07, 6.45) is 4.46. The van der Waals surface area contributed by atoms with E-state index >= 15 is 0 Å². The lowest BCUT2D eigenvalue weighted by atomic mass is 10.0. The van der Waals surface area contributed by atoms with E-state index in [-0.39, 0.29) is 6.04 Å². The maximum atomic E-state index is 6.17. The molecule has 0 aliphatic carbocycles. The predicted molar refractivity (Wildman–Crippen MR) is 69.7 cm³/mol. The van der Waals surface area contributed by atoms with E-state index in [1.54, 1.807) is 0 Å². The van der Waals surface area contributed by atoms with Gasteiger partial charge in [0.15, 0.2) is 5.82 Å². The first kappa shape index (κ1) is 13.0. The summed E-state index contributed by atoms with van der Waals surface area (Å²) in [7, 11) is 0. The van der Waals surface area contributed by atoms with E-state index in [2.05, 4.69) is 15.0 Å². The molecule has 2 N–H and O–H groups in total. The van der Waals surface area contributed by atoms with E-state index in [1.807, 2.05) is 0 Å². The van der Waals surface area contributed by atoms with Crippen molar-refractivity contribution in [1.29, 1.82) is 0 Å². The Morgan fingerprint density at radius 1 is 1.26 bits per heavy atom. The normalized spacial score (nSPS) is 23.8. The van der Waals surface area contributed by atoms with Crippen molar-refractivity contribution in [1.82, 2.24) is 15.0 Å². The molecule has 3 rings (SSSR count). The lowest BCUT2D eigenvalue weighted by Gasteiger charge is -2.18. The van der Waals surface area contributed by atoms with Crippen LogP contribution in [0.4, 0.5) is 0 Å². The quantitative estimate of drug-likeness (QED) is 0.878. The predicted octanol–water partition coefficient (Wildman–Crippen LogP) is 1.06. The largest absolute Gasteiger partial charge is 0.381 e. The van der Waals surface area contributed by atoms with Gasteiger partial charge in [0.1, 0.15) is 0 Å². The van der Waals surface area contributed by atoms with Crippen LogP contribution in [0.2, 0.25) is 0 Å². The Hall–Kier alpha value is -0.980. The molecule has 6 heteroatoms. The van der Waals surface area contributed by atoms with Crippen LogP contribution in [-0.2, 0) is 4.74 Å². The van der Waals surface area contributed by atoms with Gasteiger partial charge >= 0.3 is 0 Å². The molecule has 1 atom stereocenters. The summed E-state index contributed by atoms with van der Waals surface area (Å²) in [5.74, 6) is 1.72. The van der Waals surface area contributed by atoms with Crippen LogP contribution in [0, 0.1) is 0 Å². The number of hydrogen-bond donors (Lipinski definition) is 1. The van der Waals surface area contributed by atoms with Gasteiger partial charge in [0.25, 0.3) is 0 Å². The second-order valence-electron chi connectivity index (χ2n) is 5.49. The fourth-order valence-corrected chi connectivity index (χ4v) is 2.83. The third-order valence-corrected chi connectivity index (χ3v) is 4.01. The molecule has 0 bridgehead atoms. The fraction of sp³-hybridized carbons (Fsp3) is 0.846. The van der Waals surface area contributed by atoms with Crippen LogP contribution in [0.25, 0.3) is 0 Å². The van der Waals surface area contributed by atoms with Crippen LogP contribution in [-0.4, -0.2) is 47.9 Å². The molecule has 2 saturated heterocycles. The van der Waals surface area contributed by atoms with Crippen molar-refractivity contribution in [3.8, 4) is 0 Å². The molecule has 3 heterocycles. The Morgan fingerprint density at radius 2 is 2.00 bits per heavy atom. The zero-order chi connectivity index (χ0) is 13.1. The van der Waals surface area contributed by atoms with Crippen molar-refractivity contribution in [3.63, 3.8) is 0 Å². The molecular weight excluding hydrogens is 244 g/mol. The monoisotopic (exact) mass is 266 g/mol. The zero-order valence-electron chi connectivity index (χ0n) is 11.3. The summed E-state index contributed by atoms with van der Waals surface area (Å²) in [6.45, 7) is 4.66. The highest BCUT2D eigenvalue weighted by atomic mass is 16.5. The SMILES string of the molecule is NC(CN1CCCC1)c1noc(C2CCOCC2)n1. The van der Waals surface area contributed by atoms with Gasteiger partial charge in [-0.05, 0) is 38.8 Å². The highest BCUT2D eigenvalue weighted by Crippen LogP contribution is 2.26. The molecule has 0 saturated carbocycles. The van der Waals surface area contributed by atoms with E-state index in [9.17, 15) is 0 Å². The minimum atomic E-state index is -0.143. The average Bonchev–Trinajstić information content (AvgIpc) is 3.10. The van der Waals surface area contributed by atoms with Crippen LogP contribution < -0.4 is 5.73 Å². The fourth-order valence-electron chi connectivity index (χ4n) is 2.83. The Morgan fingerprint density at radius 3 is 2.74 bits per heavy atom. The van der Waals surface area contributed by atoms with Gasteiger partial charge in [0, 0.05) is 25.7 Å². The van der Waals surface area contributed by atoms with E-state index in [4.69, 9.17) is 15.0 Å². The minimum absolute atomic E-state index is 0.143. The topological polar surface area (TPSA) is 77.4 Å². The number of nitrogens with zero attached hydrogens (tertiary/aromatic N) is 3. The zero-order valence-corrected chi connectivity index (χ0v) is 11.3. The summed E-state index contributed by atoms with van der Waals surface area (Å²) < 4.78 is 10.7. The van der Waals surface area contributed by atoms with Gasteiger partial charge in [0.2, 0.25) is 5.89 Å². The van der Waals surface area contributed by atoms with Crippen molar-refractivity contribution in [2.75, 3.05) is 32.8 Å². The van der Waals surface area contributed by atoms with Gasteiger partial charge in [0.05, 0.1) is 6.04 Å². The second-order valence-corrected chi connectivity index (χ2v) is 5.49. The number of hydrogen-bond acceptors (Lipinski definition) is 6. The number of aromatic nitrogens is 2. The lowest BCUT2D eigenvalue weighted by molar-refractivity contribution is 0.0778. The molecule has 6 nitrogen and oxygen atoms in total. The van der Waals surface area contributed by atoms with Crippen LogP contribution in [0.5, 0.6) is 0 Å². The summed E-state index contributed by atoms with van der Waals surface area (Å²) in [4.78, 5) is 6.86. The molecule has 0 spiro atoms. The molecular formula is C13H22N4O2. The van der Waals surface area contributed by atoms with Crippen molar-refractivity contribution in [3.05, 3.63) is 11.7 Å². The highest BCUT2D eigenvalue weighted by Gasteiger charge is 2.24.